The number of H-pyrrole nitrogens is 1. The van der Waals surface area contributed by atoms with Crippen LogP contribution in [0, 0.1) is 10.7 Å². The van der Waals surface area contributed by atoms with Crippen molar-refractivity contribution in [3.63, 3.8) is 0 Å². The number of fused-ring (bicyclic) bond motifs is 1. The Hall–Kier alpha value is -1.14. The average Bonchev–Trinajstić information content (AvgIpc) is 2.60. The number of aryl methyl sites for hydroxylation is 1. The molecule has 0 saturated carbocycles. The number of hydrogen-bond acceptors (Lipinski definition) is 3. The summed E-state index contributed by atoms with van der Waals surface area (Å²) in [6.45, 7) is 5.10. The lowest BCUT2D eigenvalue weighted by molar-refractivity contribution is 0.520. The van der Waals surface area contributed by atoms with E-state index in [1.54, 1.807) is 12.1 Å². The molecule has 1 heterocycles. The molecule has 0 radical (unpaired) electrons. The quantitative estimate of drug-likeness (QED) is 0.882. The minimum absolute atomic E-state index is 0.305. The van der Waals surface area contributed by atoms with E-state index in [1.165, 1.54) is 6.26 Å². The number of rotatable bonds is 4. The molecule has 0 aliphatic carbocycles. The molecule has 0 atom stereocenters. The van der Waals surface area contributed by atoms with E-state index in [4.69, 9.17) is 12.2 Å². The molecule has 0 amide bonds. The van der Waals surface area contributed by atoms with Crippen molar-refractivity contribution in [2.75, 3.05) is 6.26 Å². The maximum atomic E-state index is 11.8. The van der Waals surface area contributed by atoms with Crippen LogP contribution in [0.4, 0.5) is 0 Å². The second kappa shape index (κ2) is 5.09. The summed E-state index contributed by atoms with van der Waals surface area (Å²) in [5.41, 5.74) is 1.47. The smallest absolute Gasteiger partial charge is 0.178 e. The monoisotopic (exact) mass is 298 g/mol. The molecule has 1 aromatic carbocycles. The van der Waals surface area contributed by atoms with Crippen LogP contribution in [0.1, 0.15) is 20.3 Å². The van der Waals surface area contributed by atoms with Crippen molar-refractivity contribution in [3.05, 3.63) is 23.0 Å². The third-order valence-electron chi connectivity index (χ3n) is 3.10. The lowest BCUT2D eigenvalue weighted by Crippen LogP contribution is -2.02. The van der Waals surface area contributed by atoms with Crippen molar-refractivity contribution in [2.45, 2.75) is 31.7 Å². The maximum absolute atomic E-state index is 11.8. The molecule has 2 rings (SSSR count). The van der Waals surface area contributed by atoms with Gasteiger partial charge in [0.25, 0.3) is 0 Å². The topological polar surface area (TPSA) is 54.9 Å². The van der Waals surface area contributed by atoms with E-state index in [0.29, 0.717) is 21.1 Å². The summed E-state index contributed by atoms with van der Waals surface area (Å²) in [7, 11) is -3.26. The summed E-state index contributed by atoms with van der Waals surface area (Å²) in [6.07, 6.45) is 2.22. The highest BCUT2D eigenvalue weighted by atomic mass is 32.2. The van der Waals surface area contributed by atoms with Gasteiger partial charge in [-0.05, 0) is 36.7 Å². The van der Waals surface area contributed by atoms with Gasteiger partial charge in [0.2, 0.25) is 0 Å². The van der Waals surface area contributed by atoms with E-state index in [2.05, 4.69) is 18.8 Å². The molecule has 1 aromatic heterocycles. The standard InChI is InChI=1S/C13H18N2O2S2/c1-9(2)7-8-15-10-5-4-6-11(19(3,16)17)12(10)14-13(15)18/h4-6,9H,7-8H2,1-3H3,(H,14,18). The largest absolute Gasteiger partial charge is 0.329 e. The molecule has 0 aliphatic heterocycles. The van der Waals surface area contributed by atoms with Crippen LogP contribution in [0.15, 0.2) is 23.1 Å². The van der Waals surface area contributed by atoms with Crippen LogP contribution in [0.2, 0.25) is 0 Å². The van der Waals surface area contributed by atoms with Gasteiger partial charge < -0.3 is 9.55 Å². The van der Waals surface area contributed by atoms with Gasteiger partial charge in [-0.15, -0.1) is 0 Å². The van der Waals surface area contributed by atoms with Crippen LogP contribution < -0.4 is 0 Å². The fourth-order valence-corrected chi connectivity index (χ4v) is 3.22. The lowest BCUT2D eigenvalue weighted by atomic mass is 10.1. The van der Waals surface area contributed by atoms with Crippen molar-refractivity contribution in [2.24, 2.45) is 5.92 Å². The normalized spacial score (nSPS) is 12.4. The number of benzene rings is 1. The highest BCUT2D eigenvalue weighted by molar-refractivity contribution is 7.91. The summed E-state index contributed by atoms with van der Waals surface area (Å²) in [5.74, 6) is 0.574. The van der Waals surface area contributed by atoms with Gasteiger partial charge in [-0.2, -0.15) is 0 Å². The predicted molar refractivity (Wildman–Crippen MR) is 79.7 cm³/mol. The Labute approximate surface area is 118 Å². The van der Waals surface area contributed by atoms with Gasteiger partial charge in [-0.3, -0.25) is 0 Å². The maximum Gasteiger partial charge on any atom is 0.178 e. The molecule has 0 fully saturated rings. The van der Waals surface area contributed by atoms with E-state index < -0.39 is 9.84 Å². The van der Waals surface area contributed by atoms with Crippen LogP contribution in [-0.2, 0) is 16.4 Å². The molecule has 104 valence electrons. The summed E-state index contributed by atoms with van der Waals surface area (Å²) in [5, 5.41) is 0. The predicted octanol–water partition coefficient (Wildman–Crippen LogP) is 3.15. The first-order valence-electron chi connectivity index (χ1n) is 6.22. The molecule has 4 nitrogen and oxygen atoms in total. The van der Waals surface area contributed by atoms with Crippen LogP contribution in [0.3, 0.4) is 0 Å². The molecule has 1 N–H and O–H groups in total. The summed E-state index contributed by atoms with van der Waals surface area (Å²) >= 11 is 5.30. The van der Waals surface area contributed by atoms with Gasteiger partial charge >= 0.3 is 0 Å². The molecule has 0 aliphatic rings. The second-order valence-electron chi connectivity index (χ2n) is 5.19. The summed E-state index contributed by atoms with van der Waals surface area (Å²) in [6, 6.07) is 5.26. The van der Waals surface area contributed by atoms with Crippen molar-refractivity contribution < 1.29 is 8.42 Å². The van der Waals surface area contributed by atoms with Crippen molar-refractivity contribution in [3.8, 4) is 0 Å². The van der Waals surface area contributed by atoms with E-state index in [1.807, 2.05) is 10.6 Å². The number of imidazole rings is 1. The van der Waals surface area contributed by atoms with E-state index >= 15 is 0 Å². The lowest BCUT2D eigenvalue weighted by Gasteiger charge is -2.07. The van der Waals surface area contributed by atoms with E-state index in [0.717, 1.165) is 18.5 Å². The zero-order valence-corrected chi connectivity index (χ0v) is 12.9. The van der Waals surface area contributed by atoms with Gasteiger partial charge in [0, 0.05) is 12.8 Å². The molecule has 2 aromatic rings. The Bertz CT molecular complexity index is 755. The molecular formula is C13H18N2O2S2. The van der Waals surface area contributed by atoms with Crippen LogP contribution in [-0.4, -0.2) is 24.2 Å². The van der Waals surface area contributed by atoms with Crippen LogP contribution >= 0.6 is 12.2 Å². The Morgan fingerprint density at radius 2 is 2.05 bits per heavy atom. The van der Waals surface area contributed by atoms with Gasteiger partial charge in [-0.1, -0.05) is 19.9 Å². The van der Waals surface area contributed by atoms with Gasteiger partial charge in [0.15, 0.2) is 14.6 Å². The summed E-state index contributed by atoms with van der Waals surface area (Å²) in [4.78, 5) is 3.33. The summed E-state index contributed by atoms with van der Waals surface area (Å²) < 4.78 is 26.1. The molecule has 0 saturated heterocycles. The Kier molecular flexibility index (Phi) is 3.82. The Balaban J connectivity index is 2.63. The number of para-hydroxylation sites is 1. The fourth-order valence-electron chi connectivity index (χ4n) is 2.07. The zero-order valence-electron chi connectivity index (χ0n) is 11.3. The highest BCUT2D eigenvalue weighted by Crippen LogP contribution is 2.23. The number of hydrogen-bond donors (Lipinski definition) is 1. The minimum Gasteiger partial charge on any atom is -0.329 e. The molecule has 6 heteroatoms. The number of nitrogens with one attached hydrogen (secondary N) is 1. The van der Waals surface area contributed by atoms with Gasteiger partial charge in [0.05, 0.1) is 15.9 Å². The minimum atomic E-state index is -3.26. The van der Waals surface area contributed by atoms with Crippen molar-refractivity contribution in [1.82, 2.24) is 9.55 Å². The van der Waals surface area contributed by atoms with Crippen molar-refractivity contribution >= 4 is 33.1 Å². The Morgan fingerprint density at radius 3 is 2.63 bits per heavy atom. The SMILES string of the molecule is CC(C)CCn1c(=S)[nH]c2c(S(C)(=O)=O)cccc21. The fraction of sp³-hybridized carbons (Fsp3) is 0.462. The van der Waals surface area contributed by atoms with E-state index in [9.17, 15) is 8.42 Å². The number of aromatic amines is 1. The van der Waals surface area contributed by atoms with Crippen LogP contribution in [0.5, 0.6) is 0 Å². The first kappa shape index (κ1) is 14.3. The van der Waals surface area contributed by atoms with Gasteiger partial charge in [-0.25, -0.2) is 8.42 Å². The first-order valence-corrected chi connectivity index (χ1v) is 8.52. The average molecular weight is 298 g/mol. The highest BCUT2D eigenvalue weighted by Gasteiger charge is 2.15. The molecule has 0 unspecified atom stereocenters. The number of aromatic nitrogens is 2. The molecule has 0 spiro atoms. The number of sulfone groups is 1. The first-order chi connectivity index (χ1) is 8.80. The third kappa shape index (κ3) is 2.90. The zero-order chi connectivity index (χ0) is 14.2. The molecule has 19 heavy (non-hydrogen) atoms. The van der Waals surface area contributed by atoms with Gasteiger partial charge in [0.1, 0.15) is 0 Å². The van der Waals surface area contributed by atoms with E-state index in [-0.39, 0.29) is 0 Å². The second-order valence-corrected chi connectivity index (χ2v) is 7.56. The Morgan fingerprint density at radius 1 is 1.37 bits per heavy atom. The molecule has 0 bridgehead atoms. The third-order valence-corrected chi connectivity index (χ3v) is 4.56. The number of nitrogens with zero attached hydrogens (tertiary/aromatic N) is 1. The van der Waals surface area contributed by atoms with Crippen LogP contribution in [0.25, 0.3) is 11.0 Å². The molecular weight excluding hydrogens is 280 g/mol. The van der Waals surface area contributed by atoms with Crippen molar-refractivity contribution in [1.29, 1.82) is 0 Å².